The Bertz CT molecular complexity index is 190. The fourth-order valence-corrected chi connectivity index (χ4v) is 0.435. The average Bonchev–Trinajstić information content (AvgIpc) is 2.34. The molecule has 0 aliphatic heterocycles. The summed E-state index contributed by atoms with van der Waals surface area (Å²) >= 11 is 0. The van der Waals surface area contributed by atoms with Crippen LogP contribution in [0.3, 0.4) is 0 Å². The Morgan fingerprint density at radius 3 is 1.31 bits per heavy atom. The first-order valence-electron chi connectivity index (χ1n) is 4.29. The smallest absolute Gasteiger partial charge is 0.305 e. The van der Waals surface area contributed by atoms with Gasteiger partial charge in [0.2, 0.25) is 0 Å². The summed E-state index contributed by atoms with van der Waals surface area (Å²) in [6.07, 6.45) is 0. The molecule has 0 heterocycles. The number of rotatable bonds is 3. The molecular formula is C8H19N3O5. The molecule has 16 heavy (non-hydrogen) atoms. The molecule has 0 aliphatic carbocycles. The second kappa shape index (κ2) is 10.3. The molecule has 0 saturated carbocycles. The molecule has 0 unspecified atom stereocenters. The number of hydrogen-bond acceptors (Lipinski definition) is 6. The topological polar surface area (TPSA) is 80.3 Å². The summed E-state index contributed by atoms with van der Waals surface area (Å²) in [5.41, 5.74) is 2.43. The molecule has 0 bridgehead atoms. The van der Waals surface area contributed by atoms with Crippen molar-refractivity contribution in [1.29, 1.82) is 0 Å². The summed E-state index contributed by atoms with van der Waals surface area (Å²) in [4.78, 5) is 35.3. The maximum absolute atomic E-state index is 11.0. The van der Waals surface area contributed by atoms with Crippen LogP contribution in [0.5, 0.6) is 0 Å². The van der Waals surface area contributed by atoms with Crippen LogP contribution in [0.1, 0.15) is 0 Å². The zero-order chi connectivity index (χ0) is 13.1. The molecule has 0 radical (unpaired) electrons. The second-order valence-electron chi connectivity index (χ2n) is 2.38. The number of likely N-dealkylation sites (N-methyl/N-ethyl adjacent to an activating group) is 2. The second-order valence-corrected chi connectivity index (χ2v) is 2.38. The summed E-state index contributed by atoms with van der Waals surface area (Å²) in [6.45, 7) is 0. The van der Waals surface area contributed by atoms with Crippen molar-refractivity contribution in [3.63, 3.8) is 0 Å². The maximum atomic E-state index is 11.0. The third-order valence-electron chi connectivity index (χ3n) is 1.51. The van der Waals surface area contributed by atoms with E-state index in [4.69, 9.17) is 0 Å². The molecule has 0 spiro atoms. The van der Waals surface area contributed by atoms with Crippen molar-refractivity contribution in [2.24, 2.45) is 0 Å². The number of nitrogens with zero attached hydrogens (tertiary/aromatic N) is 2. The molecule has 8 heteroatoms. The van der Waals surface area contributed by atoms with Crippen LogP contribution in [0.25, 0.3) is 0 Å². The molecule has 0 aromatic heterocycles. The first-order chi connectivity index (χ1) is 7.45. The number of hydrogen-bond donors (Lipinski definition) is 1. The zero-order valence-electron chi connectivity index (χ0n) is 10.4. The minimum Gasteiger partial charge on any atom is -0.305 e. The largest absolute Gasteiger partial charge is 0.337 e. The van der Waals surface area contributed by atoms with Gasteiger partial charge in [-0.2, -0.15) is 0 Å². The van der Waals surface area contributed by atoms with Gasteiger partial charge in [-0.15, -0.1) is 0 Å². The molecular weight excluding hydrogens is 218 g/mol. The molecule has 0 aliphatic rings. The van der Waals surface area contributed by atoms with Crippen LogP contribution in [0.4, 0.5) is 0 Å². The summed E-state index contributed by atoms with van der Waals surface area (Å²) in [6, 6.07) is 0. The summed E-state index contributed by atoms with van der Waals surface area (Å²) in [5, 5.41) is 1.63. The van der Waals surface area contributed by atoms with Crippen molar-refractivity contribution in [3.05, 3.63) is 0 Å². The van der Waals surface area contributed by atoms with E-state index in [1.165, 1.54) is 28.3 Å². The van der Waals surface area contributed by atoms with Crippen molar-refractivity contribution >= 4 is 11.8 Å². The first kappa shape index (κ1) is 17.2. The molecule has 0 atom stereocenters. The fraction of sp³-hybridized carbons (Fsp3) is 0.750. The van der Waals surface area contributed by atoms with E-state index < -0.39 is 11.8 Å². The average molecular weight is 237 g/mol. The van der Waals surface area contributed by atoms with E-state index >= 15 is 0 Å². The Balaban J connectivity index is 0. The van der Waals surface area contributed by atoms with Gasteiger partial charge in [0, 0.05) is 21.1 Å². The Kier molecular flexibility index (Phi) is 11.1. The minimum atomic E-state index is -0.790. The first-order valence-corrected chi connectivity index (χ1v) is 4.29. The van der Waals surface area contributed by atoms with Gasteiger partial charge >= 0.3 is 11.8 Å². The Hall–Kier alpha value is -1.22. The third-order valence-corrected chi connectivity index (χ3v) is 1.51. The number of carbonyl (C=O) groups is 2. The van der Waals surface area contributed by atoms with E-state index in [0.29, 0.717) is 0 Å². The lowest BCUT2D eigenvalue weighted by molar-refractivity contribution is -0.192. The van der Waals surface area contributed by atoms with Crippen molar-refractivity contribution in [3.8, 4) is 0 Å². The van der Waals surface area contributed by atoms with Crippen LogP contribution in [-0.4, -0.2) is 64.4 Å². The van der Waals surface area contributed by atoms with Crippen molar-refractivity contribution < 1.29 is 24.1 Å². The quantitative estimate of drug-likeness (QED) is 0.490. The highest BCUT2D eigenvalue weighted by molar-refractivity contribution is 6.34. The Morgan fingerprint density at radius 2 is 1.19 bits per heavy atom. The SMILES string of the molecule is CNOC.CON(C)C(=O)C(=O)N(C)OC. The standard InChI is InChI=1S/C6H12N2O4.C2H7NO/c1-7(11-3)5(9)6(10)8(2)12-4;1-3-4-2/h1-4H3;3H,1-2H3. The van der Waals surface area contributed by atoms with Crippen molar-refractivity contribution in [1.82, 2.24) is 15.6 Å². The van der Waals surface area contributed by atoms with Gasteiger partial charge in [0.05, 0.1) is 21.3 Å². The van der Waals surface area contributed by atoms with Crippen LogP contribution in [0, 0.1) is 0 Å². The summed E-state index contributed by atoms with van der Waals surface area (Å²) < 4.78 is 0. The van der Waals surface area contributed by atoms with Crippen LogP contribution in [0.2, 0.25) is 0 Å². The summed E-state index contributed by atoms with van der Waals surface area (Å²) in [5.74, 6) is -1.58. The van der Waals surface area contributed by atoms with Crippen molar-refractivity contribution in [2.75, 3.05) is 42.5 Å². The molecule has 96 valence electrons. The highest BCUT2D eigenvalue weighted by Gasteiger charge is 2.22. The Labute approximate surface area is 94.9 Å². The van der Waals surface area contributed by atoms with E-state index in [0.717, 1.165) is 10.1 Å². The van der Waals surface area contributed by atoms with Gasteiger partial charge in [-0.3, -0.25) is 19.3 Å². The fourth-order valence-electron chi connectivity index (χ4n) is 0.435. The molecule has 0 aromatic rings. The van der Waals surface area contributed by atoms with E-state index in [9.17, 15) is 9.59 Å². The Morgan fingerprint density at radius 1 is 0.938 bits per heavy atom. The van der Waals surface area contributed by atoms with Crippen molar-refractivity contribution in [2.45, 2.75) is 0 Å². The maximum Gasteiger partial charge on any atom is 0.337 e. The van der Waals surface area contributed by atoms with Gasteiger partial charge in [-0.1, -0.05) is 0 Å². The lowest BCUT2D eigenvalue weighted by Gasteiger charge is -2.17. The highest BCUT2D eigenvalue weighted by atomic mass is 16.7. The summed E-state index contributed by atoms with van der Waals surface area (Å²) in [7, 11) is 8.53. The third kappa shape index (κ3) is 7.12. The van der Waals surface area contributed by atoms with Gasteiger partial charge in [0.25, 0.3) is 0 Å². The van der Waals surface area contributed by atoms with E-state index in [2.05, 4.69) is 20.0 Å². The highest BCUT2D eigenvalue weighted by Crippen LogP contribution is 1.91. The van der Waals surface area contributed by atoms with Crippen LogP contribution >= 0.6 is 0 Å². The van der Waals surface area contributed by atoms with Gasteiger partial charge in [-0.25, -0.2) is 15.6 Å². The monoisotopic (exact) mass is 237 g/mol. The molecule has 1 N–H and O–H groups in total. The van der Waals surface area contributed by atoms with E-state index in [1.54, 1.807) is 14.2 Å². The number of hydroxylamine groups is 5. The van der Waals surface area contributed by atoms with Crippen LogP contribution < -0.4 is 5.48 Å². The van der Waals surface area contributed by atoms with Gasteiger partial charge in [0.1, 0.15) is 0 Å². The lowest BCUT2D eigenvalue weighted by Crippen LogP contribution is -2.41. The number of amides is 2. The minimum absolute atomic E-state index is 0.790. The number of nitrogens with one attached hydrogen (secondary N) is 1. The lowest BCUT2D eigenvalue weighted by atomic mass is 10.5. The molecule has 8 nitrogen and oxygen atoms in total. The van der Waals surface area contributed by atoms with Gasteiger partial charge < -0.3 is 4.84 Å². The zero-order valence-corrected chi connectivity index (χ0v) is 10.4. The molecule has 0 aromatic carbocycles. The predicted octanol–water partition coefficient (Wildman–Crippen LogP) is -1.21. The molecule has 0 rings (SSSR count). The molecule has 0 fully saturated rings. The van der Waals surface area contributed by atoms with Gasteiger partial charge in [0.15, 0.2) is 0 Å². The van der Waals surface area contributed by atoms with Crippen LogP contribution in [0.15, 0.2) is 0 Å². The normalized spacial score (nSPS) is 8.88. The number of carbonyl (C=O) groups excluding carboxylic acids is 2. The molecule has 0 saturated heterocycles. The van der Waals surface area contributed by atoms with E-state index in [1.807, 2.05) is 0 Å². The predicted molar refractivity (Wildman–Crippen MR) is 55.6 cm³/mol. The van der Waals surface area contributed by atoms with Gasteiger partial charge in [-0.05, 0) is 0 Å². The van der Waals surface area contributed by atoms with Crippen LogP contribution in [-0.2, 0) is 24.1 Å². The molecule has 2 amide bonds. The van der Waals surface area contributed by atoms with E-state index in [-0.39, 0.29) is 0 Å².